The number of carbonyl (C=O) groups is 3. The van der Waals surface area contributed by atoms with Crippen molar-refractivity contribution in [3.05, 3.63) is 59.9 Å². The molecule has 4 rings (SSSR count). The van der Waals surface area contributed by atoms with Crippen molar-refractivity contribution >= 4 is 28.1 Å². The molecular weight excluding hydrogens is 501 g/mol. The van der Waals surface area contributed by atoms with Gasteiger partial charge in [0.1, 0.15) is 29.4 Å². The number of halogens is 1. The van der Waals surface area contributed by atoms with Crippen molar-refractivity contribution in [3.8, 4) is 5.75 Å². The third kappa shape index (κ3) is 7.36. The maximum absolute atomic E-state index is 13.6. The van der Waals surface area contributed by atoms with Crippen LogP contribution in [0.15, 0.2) is 53.4 Å². The van der Waals surface area contributed by atoms with E-state index in [0.29, 0.717) is 37.0 Å². The molecule has 2 aliphatic rings. The van der Waals surface area contributed by atoms with Crippen molar-refractivity contribution in [2.24, 2.45) is 5.92 Å². The summed E-state index contributed by atoms with van der Waals surface area (Å²) in [5.74, 6) is -1.69. The lowest BCUT2D eigenvalue weighted by Crippen LogP contribution is -2.62. The van der Waals surface area contributed by atoms with Gasteiger partial charge in [-0.2, -0.15) is 4.72 Å². The fraction of sp³-hybridized carbons (Fsp3) is 0.423. The van der Waals surface area contributed by atoms with Gasteiger partial charge in [0, 0.05) is 6.42 Å². The van der Waals surface area contributed by atoms with Gasteiger partial charge in [-0.3, -0.25) is 9.59 Å². The molecule has 2 amide bonds. The molecule has 2 aliphatic heterocycles. The van der Waals surface area contributed by atoms with Crippen LogP contribution >= 0.6 is 0 Å². The number of rotatable bonds is 5. The molecule has 9 nitrogen and oxygen atoms in total. The predicted octanol–water partition coefficient (Wildman–Crippen LogP) is 2.10. The standard InChI is InChI=1S/C26H32FN3O6S/c1-17(2)23-24(32)28-20(16-31)5-4-14-36-21-10-6-18(7-11-21)15-26(3,25(33)29-23)30-37(34,35)22-12-8-19(27)9-13-22/h6-13,16-17,20,23,30H,4-5,14-15H2,1-3H3,(H,28,32)(H,29,33)/t20-,23-,26-/m0/s1. The molecule has 0 unspecified atom stereocenters. The summed E-state index contributed by atoms with van der Waals surface area (Å²) in [6, 6.07) is 9.29. The fourth-order valence-electron chi connectivity index (χ4n) is 4.02. The first-order valence-electron chi connectivity index (χ1n) is 12.0. The van der Waals surface area contributed by atoms with E-state index >= 15 is 0 Å². The van der Waals surface area contributed by atoms with E-state index in [1.54, 1.807) is 38.1 Å². The van der Waals surface area contributed by atoms with Gasteiger partial charge in [-0.05, 0) is 67.6 Å². The average Bonchev–Trinajstić information content (AvgIpc) is 2.84. The maximum Gasteiger partial charge on any atom is 0.243 e. The Morgan fingerprint density at radius 3 is 2.32 bits per heavy atom. The van der Waals surface area contributed by atoms with Gasteiger partial charge < -0.3 is 20.2 Å². The van der Waals surface area contributed by atoms with Crippen molar-refractivity contribution in [2.45, 2.75) is 62.6 Å². The summed E-state index contributed by atoms with van der Waals surface area (Å²) < 4.78 is 47.9. The number of ether oxygens (including phenoxy) is 1. The van der Waals surface area contributed by atoms with E-state index in [0.717, 1.165) is 24.3 Å². The van der Waals surface area contributed by atoms with Crippen LogP contribution in [-0.2, 0) is 30.8 Å². The lowest BCUT2D eigenvalue weighted by atomic mass is 9.91. The van der Waals surface area contributed by atoms with Crippen molar-refractivity contribution in [2.75, 3.05) is 6.61 Å². The number of aldehydes is 1. The van der Waals surface area contributed by atoms with Crippen molar-refractivity contribution in [3.63, 3.8) is 0 Å². The molecule has 0 saturated carbocycles. The summed E-state index contributed by atoms with van der Waals surface area (Å²) in [7, 11) is -4.26. The molecule has 200 valence electrons. The Morgan fingerprint density at radius 1 is 1.08 bits per heavy atom. The van der Waals surface area contributed by atoms with E-state index in [1.807, 2.05) is 0 Å². The van der Waals surface area contributed by atoms with Gasteiger partial charge in [-0.25, -0.2) is 12.8 Å². The van der Waals surface area contributed by atoms with Gasteiger partial charge in [-0.15, -0.1) is 0 Å². The van der Waals surface area contributed by atoms with Crippen LogP contribution in [0.2, 0.25) is 0 Å². The summed E-state index contributed by atoms with van der Waals surface area (Å²) in [6.45, 7) is 5.20. The van der Waals surface area contributed by atoms with Gasteiger partial charge in [0.2, 0.25) is 21.8 Å². The Morgan fingerprint density at radius 2 is 1.73 bits per heavy atom. The molecule has 2 aromatic rings. The van der Waals surface area contributed by atoms with Crippen LogP contribution in [0.5, 0.6) is 5.75 Å². The molecule has 0 aromatic heterocycles. The number of carbonyl (C=O) groups excluding carboxylic acids is 3. The Hall–Kier alpha value is -3.31. The number of hydrogen-bond donors (Lipinski definition) is 3. The molecule has 0 spiro atoms. The summed E-state index contributed by atoms with van der Waals surface area (Å²) in [5, 5.41) is 5.33. The smallest absolute Gasteiger partial charge is 0.243 e. The summed E-state index contributed by atoms with van der Waals surface area (Å²) in [6.07, 6.45) is 1.45. The molecule has 0 aliphatic carbocycles. The van der Waals surface area contributed by atoms with Crippen molar-refractivity contribution < 1.29 is 31.9 Å². The van der Waals surface area contributed by atoms with Crippen LogP contribution in [0.25, 0.3) is 0 Å². The number of benzene rings is 2. The van der Waals surface area contributed by atoms with E-state index in [2.05, 4.69) is 15.4 Å². The quantitative estimate of drug-likeness (QED) is 0.505. The molecule has 37 heavy (non-hydrogen) atoms. The minimum absolute atomic E-state index is 0.0526. The van der Waals surface area contributed by atoms with E-state index in [1.165, 1.54) is 6.92 Å². The molecule has 2 aromatic carbocycles. The van der Waals surface area contributed by atoms with Gasteiger partial charge in [0.25, 0.3) is 0 Å². The zero-order valence-electron chi connectivity index (χ0n) is 21.0. The van der Waals surface area contributed by atoms with Crippen molar-refractivity contribution in [1.82, 2.24) is 15.4 Å². The van der Waals surface area contributed by atoms with Crippen LogP contribution in [0.4, 0.5) is 4.39 Å². The topological polar surface area (TPSA) is 131 Å². The first-order chi connectivity index (χ1) is 17.4. The maximum atomic E-state index is 13.6. The normalized spacial score (nSPS) is 23.7. The van der Waals surface area contributed by atoms with Crippen LogP contribution < -0.4 is 20.1 Å². The van der Waals surface area contributed by atoms with E-state index in [-0.39, 0.29) is 17.2 Å². The summed E-state index contributed by atoms with van der Waals surface area (Å²) >= 11 is 0. The van der Waals surface area contributed by atoms with E-state index < -0.39 is 45.3 Å². The van der Waals surface area contributed by atoms with E-state index in [4.69, 9.17) is 4.74 Å². The highest BCUT2D eigenvalue weighted by atomic mass is 32.2. The third-order valence-corrected chi connectivity index (χ3v) is 7.73. The van der Waals surface area contributed by atoms with Crippen molar-refractivity contribution in [1.29, 1.82) is 0 Å². The molecular formula is C26H32FN3O6S. The highest BCUT2D eigenvalue weighted by molar-refractivity contribution is 7.89. The Bertz CT molecular complexity index is 1220. The molecule has 2 bridgehead atoms. The number of hydrogen-bond acceptors (Lipinski definition) is 6. The van der Waals surface area contributed by atoms with Crippen LogP contribution in [0.1, 0.15) is 39.2 Å². The first kappa shape index (κ1) is 28.3. The Balaban J connectivity index is 2.01. The Kier molecular flexibility index (Phi) is 9.03. The molecule has 11 heteroatoms. The third-order valence-electron chi connectivity index (χ3n) is 6.12. The second-order valence-corrected chi connectivity index (χ2v) is 11.3. The molecule has 0 radical (unpaired) electrons. The largest absolute Gasteiger partial charge is 0.494 e. The summed E-state index contributed by atoms with van der Waals surface area (Å²) in [5.41, 5.74) is -1.09. The second kappa shape index (κ2) is 11.8. The van der Waals surface area contributed by atoms with Gasteiger partial charge in [0.15, 0.2) is 0 Å². The lowest BCUT2D eigenvalue weighted by Gasteiger charge is -2.33. The van der Waals surface area contributed by atoms with Crippen LogP contribution in [0, 0.1) is 11.7 Å². The highest BCUT2D eigenvalue weighted by Crippen LogP contribution is 2.22. The number of sulfonamides is 1. The predicted molar refractivity (Wildman–Crippen MR) is 135 cm³/mol. The minimum Gasteiger partial charge on any atom is -0.494 e. The SMILES string of the molecule is CC(C)[C@@H]1NC(=O)[C@@](C)(NS(=O)(=O)c2ccc(F)cc2)Cc2ccc(cc2)OCCC[C@@H](C=O)NC1=O. The minimum atomic E-state index is -4.26. The average molecular weight is 534 g/mol. The molecule has 3 N–H and O–H groups in total. The van der Waals surface area contributed by atoms with Gasteiger partial charge in [-0.1, -0.05) is 26.0 Å². The summed E-state index contributed by atoms with van der Waals surface area (Å²) in [4.78, 5) is 38.0. The lowest BCUT2D eigenvalue weighted by molar-refractivity contribution is -0.133. The van der Waals surface area contributed by atoms with Crippen LogP contribution in [0.3, 0.4) is 0 Å². The molecule has 3 atom stereocenters. The van der Waals surface area contributed by atoms with Gasteiger partial charge in [0.05, 0.1) is 17.5 Å². The highest BCUT2D eigenvalue weighted by Gasteiger charge is 2.40. The monoisotopic (exact) mass is 533 g/mol. The second-order valence-electron chi connectivity index (χ2n) is 9.65. The molecule has 0 fully saturated rings. The van der Waals surface area contributed by atoms with E-state index in [9.17, 15) is 27.2 Å². The van der Waals surface area contributed by atoms with Crippen LogP contribution in [-0.4, -0.2) is 50.7 Å². The molecule has 0 saturated heterocycles. The first-order valence-corrected chi connectivity index (χ1v) is 13.5. The zero-order chi connectivity index (χ0) is 27.2. The van der Waals surface area contributed by atoms with Gasteiger partial charge >= 0.3 is 0 Å². The number of amides is 2. The number of nitrogens with one attached hydrogen (secondary N) is 3. The zero-order valence-corrected chi connectivity index (χ0v) is 21.8. The fourth-order valence-corrected chi connectivity index (χ4v) is 5.39. The Labute approximate surface area is 216 Å². The molecule has 2 heterocycles. The number of fused-ring (bicyclic) bond motifs is 13.